The Labute approximate surface area is 217 Å². The van der Waals surface area contributed by atoms with Crippen molar-refractivity contribution in [3.8, 4) is 0 Å². The molecule has 0 saturated carbocycles. The zero-order valence-electron chi connectivity index (χ0n) is 20.2. The molecule has 2 aliphatic heterocycles. The Kier molecular flexibility index (Phi) is 10.9. The molecule has 0 aromatic heterocycles. The minimum atomic E-state index is -1.13. The fourth-order valence-electron chi connectivity index (χ4n) is 3.68. The maximum Gasteiger partial charge on any atom is 0.326 e. The van der Waals surface area contributed by atoms with Gasteiger partial charge in [0.05, 0.1) is 6.61 Å². The van der Waals surface area contributed by atoms with Crippen LogP contribution in [0.15, 0.2) is 24.3 Å². The normalized spacial score (nSPS) is 23.4. The van der Waals surface area contributed by atoms with Gasteiger partial charge in [-0.25, -0.2) is 5.32 Å². The van der Waals surface area contributed by atoms with Gasteiger partial charge in [-0.1, -0.05) is 55.6 Å². The second-order valence-corrected chi connectivity index (χ2v) is 10.7. The minimum Gasteiger partial charge on any atom is -0.437 e. The van der Waals surface area contributed by atoms with Crippen LogP contribution in [0.5, 0.6) is 0 Å². The van der Waals surface area contributed by atoms with E-state index in [1.165, 1.54) is 23.5 Å². The van der Waals surface area contributed by atoms with Crippen LogP contribution in [0.2, 0.25) is 0 Å². The van der Waals surface area contributed by atoms with Gasteiger partial charge in [-0.05, 0) is 36.0 Å². The van der Waals surface area contributed by atoms with E-state index in [0.717, 1.165) is 0 Å². The quantitative estimate of drug-likeness (QED) is 0.281. The summed E-state index contributed by atoms with van der Waals surface area (Å²) in [5.41, 5.74) is 0.973. The molecule has 2 saturated heterocycles. The van der Waals surface area contributed by atoms with Gasteiger partial charge < -0.3 is 14.2 Å². The summed E-state index contributed by atoms with van der Waals surface area (Å²) in [7, 11) is 0. The molecular weight excluding hydrogens is 508 g/mol. The van der Waals surface area contributed by atoms with Gasteiger partial charge >= 0.3 is 11.9 Å². The van der Waals surface area contributed by atoms with Crippen molar-refractivity contribution in [2.45, 2.75) is 70.9 Å². The topological polar surface area (TPSA) is 137 Å². The summed E-state index contributed by atoms with van der Waals surface area (Å²) in [4.78, 5) is 60.4. The van der Waals surface area contributed by atoms with E-state index in [9.17, 15) is 24.0 Å². The molecule has 4 atom stereocenters. The van der Waals surface area contributed by atoms with Crippen LogP contribution in [0.4, 0.5) is 0 Å². The van der Waals surface area contributed by atoms with Crippen LogP contribution in [-0.4, -0.2) is 64.2 Å². The molecule has 36 heavy (non-hydrogen) atoms. The van der Waals surface area contributed by atoms with Crippen LogP contribution >= 0.6 is 23.5 Å². The summed E-state index contributed by atoms with van der Waals surface area (Å²) in [6.07, 6.45) is -1.01. The number of carbonyl (C=O) groups is 5. The summed E-state index contributed by atoms with van der Waals surface area (Å²) in [5.74, 6) is -0.0881. The third kappa shape index (κ3) is 8.13. The van der Waals surface area contributed by atoms with E-state index in [2.05, 4.69) is 10.6 Å². The number of ketones is 1. The molecule has 2 N–H and O–H groups in total. The fraction of sp³-hybridized carbons (Fsp3) is 0.542. The summed E-state index contributed by atoms with van der Waals surface area (Å²) < 4.78 is 16.0. The van der Waals surface area contributed by atoms with Crippen LogP contribution in [0.1, 0.15) is 55.5 Å². The highest BCUT2D eigenvalue weighted by Gasteiger charge is 2.38. The Hall–Kier alpha value is -2.25. The average molecular weight is 539 g/mol. The predicted molar refractivity (Wildman–Crippen MR) is 134 cm³/mol. The first-order valence-corrected chi connectivity index (χ1v) is 13.8. The first kappa shape index (κ1) is 28.3. The van der Waals surface area contributed by atoms with E-state index >= 15 is 0 Å². The number of rotatable bonds is 13. The van der Waals surface area contributed by atoms with Crippen molar-refractivity contribution >= 4 is 51.5 Å². The number of benzene rings is 1. The number of carbonyl (C=O) groups excluding carboxylic acids is 5. The van der Waals surface area contributed by atoms with Crippen molar-refractivity contribution in [2.75, 3.05) is 11.5 Å². The van der Waals surface area contributed by atoms with Crippen molar-refractivity contribution in [2.24, 2.45) is 0 Å². The maximum atomic E-state index is 12.9. The van der Waals surface area contributed by atoms with Crippen molar-refractivity contribution in [1.82, 2.24) is 10.6 Å². The lowest BCUT2D eigenvalue weighted by atomic mass is 10.1. The van der Waals surface area contributed by atoms with Gasteiger partial charge in [0.25, 0.3) is 6.41 Å². The van der Waals surface area contributed by atoms with E-state index < -0.39 is 42.4 Å². The first-order valence-electron chi connectivity index (χ1n) is 11.8. The molecule has 0 radical (unpaired) electrons. The second-order valence-electron chi connectivity index (χ2n) is 8.09. The van der Waals surface area contributed by atoms with Gasteiger partial charge in [0, 0.05) is 18.4 Å². The Morgan fingerprint density at radius 2 is 1.53 bits per heavy atom. The smallest absolute Gasteiger partial charge is 0.326 e. The molecule has 0 unspecified atom stereocenters. The summed E-state index contributed by atoms with van der Waals surface area (Å²) in [6, 6.07) is 5.32. The van der Waals surface area contributed by atoms with E-state index in [4.69, 9.17) is 14.2 Å². The zero-order valence-corrected chi connectivity index (χ0v) is 21.8. The maximum absolute atomic E-state index is 12.9. The third-order valence-electron chi connectivity index (χ3n) is 5.45. The van der Waals surface area contributed by atoms with Crippen LogP contribution in [-0.2, 0) is 40.0 Å². The Balaban J connectivity index is 1.48. The Morgan fingerprint density at radius 3 is 2.17 bits per heavy atom. The Morgan fingerprint density at radius 1 is 0.917 bits per heavy atom. The zero-order chi connectivity index (χ0) is 26.1. The molecule has 0 spiro atoms. The molecule has 0 aliphatic carbocycles. The van der Waals surface area contributed by atoms with Gasteiger partial charge in [-0.15, -0.1) is 0 Å². The van der Waals surface area contributed by atoms with Gasteiger partial charge in [0.2, 0.25) is 12.0 Å². The van der Waals surface area contributed by atoms with Crippen molar-refractivity contribution in [3.05, 3.63) is 35.4 Å². The van der Waals surface area contributed by atoms with E-state index in [0.29, 0.717) is 29.1 Å². The van der Waals surface area contributed by atoms with Crippen molar-refractivity contribution in [1.29, 1.82) is 0 Å². The van der Waals surface area contributed by atoms with Gasteiger partial charge in [0.15, 0.2) is 10.2 Å². The number of hydrogen-bond donors (Lipinski definition) is 2. The molecule has 2 heterocycles. The molecule has 3 rings (SSSR count). The van der Waals surface area contributed by atoms with Crippen LogP contribution in [0.25, 0.3) is 0 Å². The number of ether oxygens (including phenoxy) is 3. The SMILES string of the molecule is CCSC(=O)CC[C@@H]1N[C@@H](OCc2cccc(C(=O)[C@H]3N[C@@H](CCC(=O)SCC)C(=O)O3)c2)OC1=O. The van der Waals surface area contributed by atoms with E-state index in [1.807, 2.05) is 13.8 Å². The molecule has 1 aromatic rings. The molecule has 12 heteroatoms. The number of hydrogen-bond acceptors (Lipinski definition) is 12. The molecule has 196 valence electrons. The van der Waals surface area contributed by atoms with Crippen LogP contribution in [0.3, 0.4) is 0 Å². The highest BCUT2D eigenvalue weighted by molar-refractivity contribution is 8.13. The highest BCUT2D eigenvalue weighted by Crippen LogP contribution is 2.19. The third-order valence-corrected chi connectivity index (χ3v) is 7.08. The largest absolute Gasteiger partial charge is 0.437 e. The summed E-state index contributed by atoms with van der Waals surface area (Å²) >= 11 is 2.41. The van der Waals surface area contributed by atoms with Gasteiger partial charge in [-0.3, -0.25) is 29.3 Å². The lowest BCUT2D eigenvalue weighted by molar-refractivity contribution is -0.167. The number of esters is 2. The highest BCUT2D eigenvalue weighted by atomic mass is 32.2. The minimum absolute atomic E-state index is 0.00712. The number of nitrogens with one attached hydrogen (secondary N) is 2. The van der Waals surface area contributed by atoms with E-state index in [-0.39, 0.29) is 36.1 Å². The van der Waals surface area contributed by atoms with E-state index in [1.54, 1.807) is 24.3 Å². The summed E-state index contributed by atoms with van der Waals surface area (Å²) in [5, 5.41) is 5.79. The monoisotopic (exact) mass is 538 g/mol. The Bertz CT molecular complexity index is 989. The first-order chi connectivity index (χ1) is 17.3. The van der Waals surface area contributed by atoms with Crippen molar-refractivity contribution in [3.63, 3.8) is 0 Å². The predicted octanol–water partition coefficient (Wildman–Crippen LogP) is 2.15. The summed E-state index contributed by atoms with van der Waals surface area (Å²) in [6.45, 7) is 3.83. The van der Waals surface area contributed by atoms with Gasteiger partial charge in [-0.2, -0.15) is 0 Å². The molecule has 0 amide bonds. The average Bonchev–Trinajstić information content (AvgIpc) is 3.41. The van der Waals surface area contributed by atoms with Crippen LogP contribution in [0, 0.1) is 0 Å². The van der Waals surface area contributed by atoms with Crippen LogP contribution < -0.4 is 10.6 Å². The molecule has 0 bridgehead atoms. The lowest BCUT2D eigenvalue weighted by Gasteiger charge is -2.13. The molecule has 1 aromatic carbocycles. The molecular formula is C24H30N2O8S2. The second kappa shape index (κ2) is 13.9. The number of thioether (sulfide) groups is 2. The molecule has 2 fully saturated rings. The molecule has 2 aliphatic rings. The molecule has 10 nitrogen and oxygen atoms in total. The van der Waals surface area contributed by atoms with Gasteiger partial charge in [0.1, 0.15) is 12.1 Å². The lowest BCUT2D eigenvalue weighted by Crippen LogP contribution is -2.37. The standard InChI is InChI=1S/C24H30N2O8S2/c1-3-35-18(27)10-8-16-22(30)33-21(25-16)20(29)15-7-5-6-14(12-15)13-32-24-26-17(23(31)34-24)9-11-19(28)36-4-2/h5-7,12,16-17,21,24-26H,3-4,8-11,13H2,1-2H3/t16-,17-,21-,24-/m0/s1. The number of cyclic esters (lactones) is 2. The van der Waals surface area contributed by atoms with Crippen molar-refractivity contribution < 1.29 is 38.2 Å². The fourth-order valence-corrected chi connectivity index (χ4v) is 4.85. The number of Topliss-reactive ketones (excluding diaryl/α,β-unsaturated/α-hetero) is 1.